The molecule has 7 N–H and O–H groups in total. The highest BCUT2D eigenvalue weighted by atomic mass is 32.3. The zero-order chi connectivity index (χ0) is 42.2. The second kappa shape index (κ2) is 14.6. The van der Waals surface area contributed by atoms with Gasteiger partial charge in [0.05, 0.1) is 38.1 Å². The Morgan fingerprint density at radius 3 is 2.24 bits per heavy atom. The largest absolute Gasteiger partial charge is 0.397 e. The topological polar surface area (TPSA) is 240 Å². The number of hydrogen-bond acceptors (Lipinski definition) is 15. The molecule has 8 rings (SSSR count). The Bertz CT molecular complexity index is 1700. The van der Waals surface area contributed by atoms with Crippen molar-refractivity contribution in [2.75, 3.05) is 26.4 Å². The van der Waals surface area contributed by atoms with Crippen LogP contribution in [0.2, 0.25) is 0 Å². The fourth-order valence-electron chi connectivity index (χ4n) is 14.5. The van der Waals surface area contributed by atoms with Gasteiger partial charge in [0.2, 0.25) is 0 Å². The molecule has 20 unspecified atom stereocenters. The van der Waals surface area contributed by atoms with Gasteiger partial charge < -0.3 is 59.1 Å². The number of rotatable bonds is 8. The summed E-state index contributed by atoms with van der Waals surface area (Å²) in [6, 6.07) is 0. The number of aliphatic hydroxyl groups is 6. The van der Waals surface area contributed by atoms with Crippen molar-refractivity contribution in [3.8, 4) is 0 Å². The summed E-state index contributed by atoms with van der Waals surface area (Å²) in [7, 11) is -5.18. The van der Waals surface area contributed by atoms with Crippen LogP contribution in [0.3, 0.4) is 0 Å². The van der Waals surface area contributed by atoms with Crippen molar-refractivity contribution >= 4 is 10.4 Å². The summed E-state index contributed by atoms with van der Waals surface area (Å²) in [5.74, 6) is -0.249. The predicted molar refractivity (Wildman–Crippen MR) is 203 cm³/mol. The van der Waals surface area contributed by atoms with Gasteiger partial charge in [-0.1, -0.05) is 39.3 Å². The number of aliphatic hydroxyl groups excluding tert-OH is 5. The molecule has 2 spiro atoms. The molecule has 0 radical (unpaired) electrons. The van der Waals surface area contributed by atoms with Crippen LogP contribution in [-0.4, -0.2) is 143 Å². The van der Waals surface area contributed by atoms with Crippen LogP contribution in [-0.2, 0) is 43.0 Å². The van der Waals surface area contributed by atoms with Crippen LogP contribution in [0.15, 0.2) is 11.6 Å². The van der Waals surface area contributed by atoms with Crippen LogP contribution >= 0.6 is 0 Å². The minimum Gasteiger partial charge on any atom is -0.394 e. The summed E-state index contributed by atoms with van der Waals surface area (Å²) < 4.78 is 76.7. The van der Waals surface area contributed by atoms with E-state index in [4.69, 9.17) is 32.6 Å². The average molecular weight is 847 g/mol. The predicted octanol–water partition coefficient (Wildman–Crippen LogP) is 1.83. The Labute approximate surface area is 341 Å². The van der Waals surface area contributed by atoms with Gasteiger partial charge in [-0.2, -0.15) is 8.42 Å². The third kappa shape index (κ3) is 6.46. The number of hydrogen-bond donors (Lipinski definition) is 7. The lowest BCUT2D eigenvalue weighted by Crippen LogP contribution is -2.68. The third-order valence-electron chi connectivity index (χ3n) is 17.1. The van der Waals surface area contributed by atoms with Crippen molar-refractivity contribution in [1.82, 2.24) is 0 Å². The van der Waals surface area contributed by atoms with E-state index in [9.17, 15) is 43.6 Å². The summed E-state index contributed by atoms with van der Waals surface area (Å²) in [5.41, 5.74) is -0.623. The van der Waals surface area contributed by atoms with Crippen LogP contribution in [0.4, 0.5) is 0 Å². The van der Waals surface area contributed by atoms with E-state index in [1.165, 1.54) is 0 Å². The highest BCUT2D eigenvalue weighted by Gasteiger charge is 2.81. The van der Waals surface area contributed by atoms with Gasteiger partial charge in [-0.15, -0.1) is 0 Å². The molecule has 4 heterocycles. The van der Waals surface area contributed by atoms with Gasteiger partial charge in [0.1, 0.15) is 36.6 Å². The van der Waals surface area contributed by atoms with Crippen molar-refractivity contribution in [3.63, 3.8) is 0 Å². The van der Waals surface area contributed by atoms with Crippen LogP contribution in [0.1, 0.15) is 93.4 Å². The monoisotopic (exact) mass is 846 g/mol. The molecule has 4 saturated carbocycles. The Morgan fingerprint density at radius 2 is 1.57 bits per heavy atom. The molecule has 2 bridgehead atoms. The molecule has 20 atom stereocenters. The van der Waals surface area contributed by atoms with Gasteiger partial charge in [0, 0.05) is 23.7 Å². The molecular formula is C41H66O16S. The first kappa shape index (κ1) is 43.8. The molecule has 8 fully saturated rings. The second-order valence-electron chi connectivity index (χ2n) is 20.6. The van der Waals surface area contributed by atoms with Gasteiger partial charge in [-0.05, 0) is 93.3 Å². The molecule has 8 aliphatic rings. The SMILES string of the molecule is CC(C)=CC1COC23CC4(CO2)C(CCC2C5(C)CCC(OC6OCC(O)C(OC7OC(CO)C(O)C(O)C7O)C6OS(=O)(=O)O)C(C)(C)C5CCC24C)C3C1(C)O. The van der Waals surface area contributed by atoms with Crippen molar-refractivity contribution in [2.24, 2.45) is 51.2 Å². The molecule has 16 nitrogen and oxygen atoms in total. The molecule has 58 heavy (non-hydrogen) atoms. The van der Waals surface area contributed by atoms with E-state index < -0.39 is 102 Å². The summed E-state index contributed by atoms with van der Waals surface area (Å²) in [5, 5.41) is 64.3. The molecular weight excluding hydrogens is 781 g/mol. The minimum atomic E-state index is -5.18. The van der Waals surface area contributed by atoms with Gasteiger partial charge in [0.15, 0.2) is 24.5 Å². The Morgan fingerprint density at radius 1 is 0.845 bits per heavy atom. The van der Waals surface area contributed by atoms with Crippen molar-refractivity contribution < 1.29 is 76.2 Å². The summed E-state index contributed by atoms with van der Waals surface area (Å²) >= 11 is 0. The zero-order valence-electron chi connectivity index (χ0n) is 34.7. The third-order valence-corrected chi connectivity index (χ3v) is 17.6. The fourth-order valence-corrected chi connectivity index (χ4v) is 15.0. The van der Waals surface area contributed by atoms with E-state index in [0.29, 0.717) is 25.6 Å². The molecule has 17 heteroatoms. The molecule has 0 aromatic heterocycles. The molecule has 4 aliphatic carbocycles. The first-order chi connectivity index (χ1) is 27.0. The van der Waals surface area contributed by atoms with Gasteiger partial charge in [0.25, 0.3) is 0 Å². The maximum absolute atomic E-state index is 12.4. The number of fused-ring (bicyclic) bond motifs is 4. The standard InChI is InChI=1S/C41H66O16S/c1-20(2)14-21-16-52-41-18-40(19-53-41)22(33(41)39(21,7)47)8-9-26-37(5)12-11-27(36(3,4)25(37)10-13-38(26,40)6)55-35-32(57-58(48,49)50)31(23(43)17-51-35)56-34-30(46)29(45)28(44)24(15-42)54-34/h14,21-35,42-47H,8-13,15-19H2,1-7H3,(H,48,49,50). The van der Waals surface area contributed by atoms with Crippen molar-refractivity contribution in [1.29, 1.82) is 0 Å². The van der Waals surface area contributed by atoms with E-state index in [1.807, 2.05) is 6.92 Å². The van der Waals surface area contributed by atoms with Crippen LogP contribution in [0.25, 0.3) is 0 Å². The molecule has 0 aromatic carbocycles. The summed E-state index contributed by atoms with van der Waals surface area (Å²) in [6.07, 6.45) is -7.14. The number of ether oxygens (including phenoxy) is 6. The normalized spacial score (nSPS) is 54.8. The summed E-state index contributed by atoms with van der Waals surface area (Å²) in [4.78, 5) is 0. The van der Waals surface area contributed by atoms with Crippen LogP contribution in [0.5, 0.6) is 0 Å². The van der Waals surface area contributed by atoms with Crippen molar-refractivity contribution in [2.45, 2.75) is 166 Å². The van der Waals surface area contributed by atoms with E-state index in [1.54, 1.807) is 0 Å². The minimum absolute atomic E-state index is 0.0801. The summed E-state index contributed by atoms with van der Waals surface area (Å²) in [6.45, 7) is 15.2. The highest BCUT2D eigenvalue weighted by Crippen LogP contribution is 2.80. The first-order valence-electron chi connectivity index (χ1n) is 21.2. The zero-order valence-corrected chi connectivity index (χ0v) is 35.5. The average Bonchev–Trinajstić information content (AvgIpc) is 3.66. The highest BCUT2D eigenvalue weighted by molar-refractivity contribution is 7.80. The molecule has 0 amide bonds. The van der Waals surface area contributed by atoms with Crippen LogP contribution < -0.4 is 0 Å². The van der Waals surface area contributed by atoms with E-state index >= 15 is 0 Å². The quantitative estimate of drug-likeness (QED) is 0.105. The van der Waals surface area contributed by atoms with Crippen LogP contribution in [0, 0.1) is 51.2 Å². The van der Waals surface area contributed by atoms with E-state index in [0.717, 1.165) is 44.1 Å². The maximum atomic E-state index is 12.4. The second-order valence-corrected chi connectivity index (χ2v) is 21.6. The lowest BCUT2D eigenvalue weighted by molar-refractivity contribution is -0.355. The smallest absolute Gasteiger partial charge is 0.394 e. The first-order valence-corrected chi connectivity index (χ1v) is 22.5. The lowest BCUT2D eigenvalue weighted by atomic mass is 9.35. The fraction of sp³-hybridized carbons (Fsp3) is 0.951. The molecule has 4 saturated heterocycles. The number of allylic oxidation sites excluding steroid dienone is 1. The Kier molecular flexibility index (Phi) is 11.0. The van der Waals surface area contributed by atoms with Gasteiger partial charge in [-0.3, -0.25) is 4.55 Å². The Hall–Kier alpha value is -0.870. The van der Waals surface area contributed by atoms with E-state index in [2.05, 4.69) is 47.6 Å². The molecule has 0 aromatic rings. The Balaban J connectivity index is 1.03. The van der Waals surface area contributed by atoms with E-state index in [-0.39, 0.29) is 39.9 Å². The lowest BCUT2D eigenvalue weighted by Gasteiger charge is -2.70. The molecule has 332 valence electrons. The maximum Gasteiger partial charge on any atom is 0.397 e. The van der Waals surface area contributed by atoms with Gasteiger partial charge >= 0.3 is 10.4 Å². The van der Waals surface area contributed by atoms with Crippen molar-refractivity contribution in [3.05, 3.63) is 11.6 Å². The molecule has 4 aliphatic heterocycles. The van der Waals surface area contributed by atoms with Gasteiger partial charge in [-0.25, -0.2) is 4.18 Å².